The van der Waals surface area contributed by atoms with Gasteiger partial charge in [-0.3, -0.25) is 14.5 Å². The van der Waals surface area contributed by atoms with E-state index < -0.39 is 17.3 Å². The summed E-state index contributed by atoms with van der Waals surface area (Å²) in [7, 11) is 1.30. The molecule has 156 valence electrons. The minimum absolute atomic E-state index is 0.104. The number of nitrogens with one attached hydrogen (secondary N) is 1. The summed E-state index contributed by atoms with van der Waals surface area (Å²) >= 11 is 0.886. The maximum absolute atomic E-state index is 12.7. The van der Waals surface area contributed by atoms with Crippen LogP contribution in [-0.4, -0.2) is 47.1 Å². The molecular formula is C21H20N2O6S. The van der Waals surface area contributed by atoms with Crippen molar-refractivity contribution in [1.82, 2.24) is 4.90 Å². The molecule has 0 unspecified atom stereocenters. The van der Waals surface area contributed by atoms with Crippen molar-refractivity contribution in [3.05, 3.63) is 65.2 Å². The lowest BCUT2D eigenvalue weighted by Crippen LogP contribution is -2.33. The molecule has 1 fully saturated rings. The number of ether oxygens (including phenoxy) is 2. The Balaban J connectivity index is 1.63. The zero-order valence-corrected chi connectivity index (χ0v) is 17.2. The van der Waals surface area contributed by atoms with Gasteiger partial charge in [0, 0.05) is 5.69 Å². The lowest BCUT2D eigenvalue weighted by Gasteiger charge is -2.15. The third kappa shape index (κ3) is 4.80. The van der Waals surface area contributed by atoms with Crippen LogP contribution in [-0.2, 0) is 20.8 Å². The molecule has 1 aliphatic rings. The number of thioether (sulfide) groups is 1. The predicted octanol–water partition coefficient (Wildman–Crippen LogP) is 3.28. The van der Waals surface area contributed by atoms with Gasteiger partial charge < -0.3 is 14.8 Å². The summed E-state index contributed by atoms with van der Waals surface area (Å²) in [6.45, 7) is 2.12. The van der Waals surface area contributed by atoms with E-state index in [0.717, 1.165) is 16.7 Å². The summed E-state index contributed by atoms with van der Waals surface area (Å²) in [6.07, 6.45) is 0. The number of anilines is 1. The fourth-order valence-corrected chi connectivity index (χ4v) is 3.70. The van der Waals surface area contributed by atoms with Crippen molar-refractivity contribution in [3.8, 4) is 0 Å². The predicted molar refractivity (Wildman–Crippen MR) is 111 cm³/mol. The monoisotopic (exact) mass is 428 g/mol. The third-order valence-electron chi connectivity index (χ3n) is 4.34. The molecule has 30 heavy (non-hydrogen) atoms. The van der Waals surface area contributed by atoms with Crippen molar-refractivity contribution in [2.45, 2.75) is 18.8 Å². The number of amides is 2. The Labute approximate surface area is 177 Å². The van der Waals surface area contributed by atoms with Gasteiger partial charge >= 0.3 is 11.9 Å². The van der Waals surface area contributed by atoms with E-state index in [1.165, 1.54) is 7.11 Å². The number of esters is 2. The quantitative estimate of drug-likeness (QED) is 0.671. The van der Waals surface area contributed by atoms with Crippen LogP contribution in [0.1, 0.15) is 33.2 Å². The standard InChI is InChI=1S/C21H20N2O6S/c1-3-29-20(26)15-6-4-13(5-7-15)12-23-18(24)17(30-21(23)27)22-16-10-8-14(9-11-16)19(25)28-2/h4-11,17,22H,3,12H2,1-2H3/t17-/m0/s1. The molecule has 2 aromatic rings. The van der Waals surface area contributed by atoms with E-state index in [9.17, 15) is 19.2 Å². The number of rotatable bonds is 7. The number of nitrogens with zero attached hydrogens (tertiary/aromatic N) is 1. The number of carbonyl (C=O) groups is 4. The lowest BCUT2D eigenvalue weighted by molar-refractivity contribution is -0.126. The molecule has 0 bridgehead atoms. The average molecular weight is 428 g/mol. The molecule has 1 N–H and O–H groups in total. The van der Waals surface area contributed by atoms with Crippen LogP contribution in [0.15, 0.2) is 48.5 Å². The maximum Gasteiger partial charge on any atom is 0.338 e. The molecule has 0 aliphatic carbocycles. The second-order valence-electron chi connectivity index (χ2n) is 6.32. The van der Waals surface area contributed by atoms with E-state index in [0.29, 0.717) is 22.4 Å². The SMILES string of the molecule is CCOC(=O)c1ccc(CN2C(=O)S[C@H](Nc3ccc(C(=O)OC)cc3)C2=O)cc1. The second kappa shape index (κ2) is 9.45. The Bertz CT molecular complexity index is 958. The summed E-state index contributed by atoms with van der Waals surface area (Å²) in [5, 5.41) is 1.87. The molecule has 0 saturated carbocycles. The van der Waals surface area contributed by atoms with E-state index in [1.54, 1.807) is 55.5 Å². The van der Waals surface area contributed by atoms with Crippen molar-refractivity contribution in [2.24, 2.45) is 0 Å². The first-order valence-electron chi connectivity index (χ1n) is 9.16. The molecule has 1 saturated heterocycles. The highest BCUT2D eigenvalue weighted by Crippen LogP contribution is 2.29. The largest absolute Gasteiger partial charge is 0.465 e. The van der Waals surface area contributed by atoms with E-state index >= 15 is 0 Å². The first-order chi connectivity index (χ1) is 14.4. The van der Waals surface area contributed by atoms with Crippen molar-refractivity contribution in [3.63, 3.8) is 0 Å². The normalized spacial score (nSPS) is 15.8. The van der Waals surface area contributed by atoms with Crippen LogP contribution in [0.4, 0.5) is 10.5 Å². The summed E-state index contributed by atoms with van der Waals surface area (Å²) in [4.78, 5) is 49.4. The molecular weight excluding hydrogens is 408 g/mol. The molecule has 0 radical (unpaired) electrons. The maximum atomic E-state index is 12.7. The van der Waals surface area contributed by atoms with Gasteiger partial charge in [0.2, 0.25) is 0 Å². The number of benzene rings is 2. The number of methoxy groups -OCH3 is 1. The first-order valence-corrected chi connectivity index (χ1v) is 10.0. The minimum Gasteiger partial charge on any atom is -0.465 e. The Morgan fingerprint density at radius 3 is 2.20 bits per heavy atom. The van der Waals surface area contributed by atoms with Gasteiger partial charge in [-0.2, -0.15) is 0 Å². The van der Waals surface area contributed by atoms with Crippen LogP contribution in [0.3, 0.4) is 0 Å². The summed E-state index contributed by atoms with van der Waals surface area (Å²) in [5.41, 5.74) is 2.11. The van der Waals surface area contributed by atoms with E-state index in [-0.39, 0.29) is 24.3 Å². The van der Waals surface area contributed by atoms with Gasteiger partial charge in [-0.15, -0.1) is 0 Å². The summed E-state index contributed by atoms with van der Waals surface area (Å²) in [5.74, 6) is -1.24. The highest BCUT2D eigenvalue weighted by Gasteiger charge is 2.39. The first kappa shape index (κ1) is 21.4. The highest BCUT2D eigenvalue weighted by molar-refractivity contribution is 8.15. The van der Waals surface area contributed by atoms with E-state index in [1.807, 2.05) is 0 Å². The molecule has 0 aromatic heterocycles. The molecule has 1 heterocycles. The molecule has 1 aliphatic heterocycles. The zero-order chi connectivity index (χ0) is 21.7. The molecule has 2 aromatic carbocycles. The van der Waals surface area contributed by atoms with Crippen LogP contribution in [0.5, 0.6) is 0 Å². The summed E-state index contributed by atoms with van der Waals surface area (Å²) < 4.78 is 9.59. The zero-order valence-electron chi connectivity index (χ0n) is 16.4. The van der Waals surface area contributed by atoms with Gasteiger partial charge in [0.15, 0.2) is 5.37 Å². The molecule has 3 rings (SSSR count). The van der Waals surface area contributed by atoms with Crippen molar-refractivity contribution >= 4 is 40.5 Å². The van der Waals surface area contributed by atoms with Gasteiger partial charge in [0.1, 0.15) is 0 Å². The number of hydrogen-bond acceptors (Lipinski definition) is 8. The van der Waals surface area contributed by atoms with Crippen molar-refractivity contribution in [1.29, 1.82) is 0 Å². The van der Waals surface area contributed by atoms with Crippen molar-refractivity contribution < 1.29 is 28.7 Å². The fraction of sp³-hybridized carbons (Fsp3) is 0.238. The van der Waals surface area contributed by atoms with E-state index in [4.69, 9.17) is 4.74 Å². The average Bonchev–Trinajstić information content (AvgIpc) is 3.01. The third-order valence-corrected chi connectivity index (χ3v) is 5.32. The topological polar surface area (TPSA) is 102 Å². The molecule has 0 spiro atoms. The summed E-state index contributed by atoms with van der Waals surface area (Å²) in [6, 6.07) is 13.0. The Hall–Kier alpha value is -3.33. The number of imide groups is 1. The lowest BCUT2D eigenvalue weighted by atomic mass is 10.1. The van der Waals surface area contributed by atoms with Gasteiger partial charge in [0.25, 0.3) is 11.1 Å². The van der Waals surface area contributed by atoms with Crippen LogP contribution in [0.25, 0.3) is 0 Å². The Kier molecular flexibility index (Phi) is 6.73. The minimum atomic E-state index is -0.764. The highest BCUT2D eigenvalue weighted by atomic mass is 32.2. The van der Waals surface area contributed by atoms with Gasteiger partial charge in [0.05, 0.1) is 31.4 Å². The van der Waals surface area contributed by atoms with Crippen molar-refractivity contribution in [2.75, 3.05) is 19.0 Å². The van der Waals surface area contributed by atoms with Crippen LogP contribution in [0.2, 0.25) is 0 Å². The van der Waals surface area contributed by atoms with Gasteiger partial charge in [-0.1, -0.05) is 12.1 Å². The number of carbonyl (C=O) groups excluding carboxylic acids is 4. The Morgan fingerprint density at radius 1 is 1.00 bits per heavy atom. The van der Waals surface area contributed by atoms with Gasteiger partial charge in [-0.05, 0) is 60.6 Å². The van der Waals surface area contributed by atoms with Crippen LogP contribution in [0, 0.1) is 0 Å². The molecule has 9 heteroatoms. The fourth-order valence-electron chi connectivity index (χ4n) is 2.80. The molecule has 8 nitrogen and oxygen atoms in total. The Morgan fingerprint density at radius 2 is 1.60 bits per heavy atom. The van der Waals surface area contributed by atoms with Gasteiger partial charge in [-0.25, -0.2) is 9.59 Å². The van der Waals surface area contributed by atoms with E-state index in [2.05, 4.69) is 10.1 Å². The van der Waals surface area contributed by atoms with Crippen LogP contribution >= 0.6 is 11.8 Å². The smallest absolute Gasteiger partial charge is 0.338 e. The van der Waals surface area contributed by atoms with Crippen LogP contribution < -0.4 is 5.32 Å². The number of hydrogen-bond donors (Lipinski definition) is 1. The molecule has 2 amide bonds. The molecule has 1 atom stereocenters. The second-order valence-corrected chi connectivity index (χ2v) is 7.38.